The van der Waals surface area contributed by atoms with Crippen molar-refractivity contribution in [2.45, 2.75) is 26.2 Å². The molecule has 0 amide bonds. The van der Waals surface area contributed by atoms with Gasteiger partial charge in [-0.15, -0.1) is 0 Å². The molecular weight excluding hydrogens is 168 g/mol. The molecule has 0 spiro atoms. The largest absolute Gasteiger partial charge is 0.504 e. The van der Waals surface area contributed by atoms with Gasteiger partial charge < -0.3 is 5.11 Å². The lowest BCUT2D eigenvalue weighted by molar-refractivity contribution is -0.133. The number of carbonyl (C=O) groups excluding carboxylic acids is 2. The number of aliphatic hydroxyl groups excluding tert-OH is 1. The van der Waals surface area contributed by atoms with Gasteiger partial charge in [0.05, 0.1) is 0 Å². The van der Waals surface area contributed by atoms with Gasteiger partial charge in [-0.1, -0.05) is 19.4 Å². The molecular formula is C10H12O3. The SMILES string of the molecule is CCCCC1=C(O)C(=O)C(=O)C=C1. The molecule has 1 rings (SSSR count). The normalized spacial score (nSPS) is 17.0. The van der Waals surface area contributed by atoms with Crippen molar-refractivity contribution in [1.82, 2.24) is 0 Å². The Kier molecular flexibility index (Phi) is 3.01. The summed E-state index contributed by atoms with van der Waals surface area (Å²) in [7, 11) is 0. The van der Waals surface area contributed by atoms with E-state index in [0.29, 0.717) is 12.0 Å². The van der Waals surface area contributed by atoms with E-state index in [1.165, 1.54) is 12.2 Å². The molecule has 0 aliphatic heterocycles. The zero-order valence-corrected chi connectivity index (χ0v) is 7.54. The molecule has 3 nitrogen and oxygen atoms in total. The molecule has 70 valence electrons. The van der Waals surface area contributed by atoms with Crippen molar-refractivity contribution in [2.24, 2.45) is 0 Å². The average Bonchev–Trinajstić information content (AvgIpc) is 2.13. The van der Waals surface area contributed by atoms with E-state index >= 15 is 0 Å². The first-order valence-electron chi connectivity index (χ1n) is 4.35. The van der Waals surface area contributed by atoms with Crippen LogP contribution in [-0.2, 0) is 9.59 Å². The number of hydrogen-bond acceptors (Lipinski definition) is 3. The second kappa shape index (κ2) is 4.03. The van der Waals surface area contributed by atoms with Crippen molar-refractivity contribution < 1.29 is 14.7 Å². The van der Waals surface area contributed by atoms with Crippen molar-refractivity contribution in [3.63, 3.8) is 0 Å². The summed E-state index contributed by atoms with van der Waals surface area (Å²) in [5, 5.41) is 9.29. The summed E-state index contributed by atoms with van der Waals surface area (Å²) in [5.74, 6) is -1.80. The van der Waals surface area contributed by atoms with Crippen molar-refractivity contribution in [1.29, 1.82) is 0 Å². The number of allylic oxidation sites excluding steroid dienone is 4. The Morgan fingerprint density at radius 2 is 2.00 bits per heavy atom. The van der Waals surface area contributed by atoms with Crippen LogP contribution >= 0.6 is 0 Å². The third kappa shape index (κ3) is 2.05. The first-order chi connectivity index (χ1) is 6.16. The van der Waals surface area contributed by atoms with Crippen LogP contribution in [0.2, 0.25) is 0 Å². The summed E-state index contributed by atoms with van der Waals surface area (Å²) in [6, 6.07) is 0. The van der Waals surface area contributed by atoms with Gasteiger partial charge in [0.15, 0.2) is 5.76 Å². The van der Waals surface area contributed by atoms with Crippen molar-refractivity contribution in [3.05, 3.63) is 23.5 Å². The van der Waals surface area contributed by atoms with E-state index in [0.717, 1.165) is 12.8 Å². The second-order valence-corrected chi connectivity index (χ2v) is 3.00. The summed E-state index contributed by atoms with van der Waals surface area (Å²) in [5.41, 5.74) is 0.575. The molecule has 3 heteroatoms. The lowest BCUT2D eigenvalue weighted by Crippen LogP contribution is -2.18. The maximum absolute atomic E-state index is 11.0. The Morgan fingerprint density at radius 3 is 2.62 bits per heavy atom. The van der Waals surface area contributed by atoms with E-state index in [4.69, 9.17) is 0 Å². The molecule has 0 aromatic carbocycles. The molecule has 1 aliphatic rings. The first kappa shape index (κ1) is 9.71. The van der Waals surface area contributed by atoms with Crippen LogP contribution in [0.1, 0.15) is 26.2 Å². The van der Waals surface area contributed by atoms with E-state index in [2.05, 4.69) is 0 Å². The van der Waals surface area contributed by atoms with Gasteiger partial charge in [0.25, 0.3) is 5.78 Å². The van der Waals surface area contributed by atoms with Crippen LogP contribution in [0.4, 0.5) is 0 Å². The number of unbranched alkanes of at least 4 members (excludes halogenated alkanes) is 1. The molecule has 0 atom stereocenters. The third-order valence-electron chi connectivity index (χ3n) is 1.98. The Bertz CT molecular complexity index is 297. The fourth-order valence-electron chi connectivity index (χ4n) is 1.16. The Hall–Kier alpha value is -1.38. The van der Waals surface area contributed by atoms with Crippen LogP contribution in [0, 0.1) is 0 Å². The van der Waals surface area contributed by atoms with Gasteiger partial charge in [0.2, 0.25) is 5.78 Å². The lowest BCUT2D eigenvalue weighted by atomic mass is 9.99. The highest BCUT2D eigenvalue weighted by Crippen LogP contribution is 2.17. The van der Waals surface area contributed by atoms with Crippen LogP contribution in [0.5, 0.6) is 0 Å². The van der Waals surface area contributed by atoms with Crippen molar-refractivity contribution in [3.8, 4) is 0 Å². The smallest absolute Gasteiger partial charge is 0.267 e. The molecule has 0 radical (unpaired) electrons. The number of carbonyl (C=O) groups is 2. The standard InChI is InChI=1S/C10H12O3/c1-2-3-4-7-5-6-8(11)10(13)9(7)12/h5-6,12H,2-4H2,1H3. The minimum absolute atomic E-state index is 0.374. The molecule has 0 bridgehead atoms. The molecule has 1 aliphatic carbocycles. The highest BCUT2D eigenvalue weighted by Gasteiger charge is 2.22. The molecule has 0 saturated heterocycles. The van der Waals surface area contributed by atoms with Gasteiger partial charge in [0, 0.05) is 0 Å². The van der Waals surface area contributed by atoms with E-state index < -0.39 is 11.6 Å². The summed E-state index contributed by atoms with van der Waals surface area (Å²) < 4.78 is 0. The second-order valence-electron chi connectivity index (χ2n) is 3.00. The quantitative estimate of drug-likeness (QED) is 0.531. The maximum Gasteiger partial charge on any atom is 0.267 e. The Balaban J connectivity index is 2.79. The number of Topliss-reactive ketones (excluding diaryl/α,β-unsaturated/α-hetero) is 1. The summed E-state index contributed by atoms with van der Waals surface area (Å²) >= 11 is 0. The fourth-order valence-corrected chi connectivity index (χ4v) is 1.16. The van der Waals surface area contributed by atoms with Gasteiger partial charge >= 0.3 is 0 Å². The zero-order valence-electron chi connectivity index (χ0n) is 7.54. The summed E-state index contributed by atoms with van der Waals surface area (Å²) in [6.07, 6.45) is 5.29. The summed E-state index contributed by atoms with van der Waals surface area (Å²) in [4.78, 5) is 21.8. The molecule has 13 heavy (non-hydrogen) atoms. The van der Waals surface area contributed by atoms with E-state index in [9.17, 15) is 14.7 Å². The van der Waals surface area contributed by atoms with Gasteiger partial charge in [0.1, 0.15) is 0 Å². The van der Waals surface area contributed by atoms with Crippen molar-refractivity contribution in [2.75, 3.05) is 0 Å². The number of rotatable bonds is 3. The topological polar surface area (TPSA) is 54.4 Å². The molecule has 0 fully saturated rings. The van der Waals surface area contributed by atoms with Crippen molar-refractivity contribution >= 4 is 11.6 Å². The minimum atomic E-state index is -0.784. The maximum atomic E-state index is 11.0. The van der Waals surface area contributed by atoms with Crippen LogP contribution < -0.4 is 0 Å². The summed E-state index contributed by atoms with van der Waals surface area (Å²) in [6.45, 7) is 2.02. The molecule has 0 aromatic rings. The Morgan fingerprint density at radius 1 is 1.31 bits per heavy atom. The van der Waals surface area contributed by atoms with E-state index in [1.807, 2.05) is 6.92 Å². The van der Waals surface area contributed by atoms with E-state index in [-0.39, 0.29) is 5.76 Å². The molecule has 0 saturated carbocycles. The van der Waals surface area contributed by atoms with Gasteiger partial charge in [-0.05, 0) is 24.5 Å². The Labute approximate surface area is 76.8 Å². The lowest BCUT2D eigenvalue weighted by Gasteiger charge is -2.08. The number of ketones is 2. The predicted octanol–water partition coefficient (Wildman–Crippen LogP) is 1.70. The highest BCUT2D eigenvalue weighted by atomic mass is 16.3. The van der Waals surface area contributed by atoms with Crippen LogP contribution in [0.3, 0.4) is 0 Å². The molecule has 0 aromatic heterocycles. The number of hydrogen-bond donors (Lipinski definition) is 1. The van der Waals surface area contributed by atoms with Crippen LogP contribution in [0.25, 0.3) is 0 Å². The zero-order chi connectivity index (χ0) is 9.84. The number of aliphatic hydroxyl groups is 1. The highest BCUT2D eigenvalue weighted by molar-refractivity contribution is 6.47. The van der Waals surface area contributed by atoms with E-state index in [1.54, 1.807) is 0 Å². The first-order valence-corrected chi connectivity index (χ1v) is 4.35. The molecule has 0 unspecified atom stereocenters. The predicted molar refractivity (Wildman–Crippen MR) is 48.3 cm³/mol. The monoisotopic (exact) mass is 180 g/mol. The van der Waals surface area contributed by atoms with Gasteiger partial charge in [-0.2, -0.15) is 0 Å². The fraction of sp³-hybridized carbons (Fsp3) is 0.400. The van der Waals surface area contributed by atoms with Crippen LogP contribution in [0.15, 0.2) is 23.5 Å². The molecule has 1 N–H and O–H groups in total. The average molecular weight is 180 g/mol. The van der Waals surface area contributed by atoms with Gasteiger partial charge in [-0.25, -0.2) is 0 Å². The molecule has 0 heterocycles. The van der Waals surface area contributed by atoms with Gasteiger partial charge in [-0.3, -0.25) is 9.59 Å². The van der Waals surface area contributed by atoms with Crippen LogP contribution in [-0.4, -0.2) is 16.7 Å². The third-order valence-corrected chi connectivity index (χ3v) is 1.98. The minimum Gasteiger partial charge on any atom is -0.504 e.